The van der Waals surface area contributed by atoms with Gasteiger partial charge in [-0.2, -0.15) is 0 Å². The van der Waals surface area contributed by atoms with Crippen molar-refractivity contribution in [2.45, 2.75) is 43.7 Å². The standard InChI is InChI=1S/C13H18BrFN2O2S/c1-2-3-8-5-11(8)17-20(18,19)12-6-10(14)4-9(7-16)13(12)15/h4,6,8,11,17H,2-3,5,7,16H2,1H3. The maximum absolute atomic E-state index is 14.1. The minimum absolute atomic E-state index is 0.0460. The molecule has 1 aliphatic carbocycles. The summed E-state index contributed by atoms with van der Waals surface area (Å²) in [7, 11) is -3.84. The summed E-state index contributed by atoms with van der Waals surface area (Å²) in [6, 6.07) is 2.69. The minimum Gasteiger partial charge on any atom is -0.326 e. The zero-order valence-electron chi connectivity index (χ0n) is 11.2. The van der Waals surface area contributed by atoms with E-state index in [0.717, 1.165) is 19.3 Å². The summed E-state index contributed by atoms with van der Waals surface area (Å²) in [5, 5.41) is 0. The maximum atomic E-state index is 14.1. The molecule has 1 aromatic rings. The quantitative estimate of drug-likeness (QED) is 0.814. The zero-order valence-corrected chi connectivity index (χ0v) is 13.6. The van der Waals surface area contributed by atoms with Gasteiger partial charge in [-0.15, -0.1) is 0 Å². The summed E-state index contributed by atoms with van der Waals surface area (Å²) in [6.45, 7) is 2.01. The second kappa shape index (κ2) is 6.09. The van der Waals surface area contributed by atoms with Gasteiger partial charge in [-0.25, -0.2) is 17.5 Å². The van der Waals surface area contributed by atoms with Crippen LogP contribution in [-0.4, -0.2) is 14.5 Å². The van der Waals surface area contributed by atoms with Crippen molar-refractivity contribution in [1.29, 1.82) is 0 Å². The van der Waals surface area contributed by atoms with Crippen molar-refractivity contribution in [3.05, 3.63) is 28.0 Å². The van der Waals surface area contributed by atoms with Crippen molar-refractivity contribution in [2.75, 3.05) is 0 Å². The van der Waals surface area contributed by atoms with E-state index in [-0.39, 0.29) is 23.0 Å². The number of halogens is 2. The molecule has 3 N–H and O–H groups in total. The van der Waals surface area contributed by atoms with Crippen LogP contribution >= 0.6 is 15.9 Å². The van der Waals surface area contributed by atoms with E-state index < -0.39 is 15.8 Å². The van der Waals surface area contributed by atoms with Gasteiger partial charge in [0.25, 0.3) is 0 Å². The molecule has 7 heteroatoms. The van der Waals surface area contributed by atoms with E-state index in [0.29, 0.717) is 10.4 Å². The van der Waals surface area contributed by atoms with Crippen LogP contribution in [0, 0.1) is 11.7 Å². The summed E-state index contributed by atoms with van der Waals surface area (Å²) in [5.41, 5.74) is 5.61. The highest BCUT2D eigenvalue weighted by Gasteiger charge is 2.40. The van der Waals surface area contributed by atoms with Crippen LogP contribution in [0.25, 0.3) is 0 Å². The molecule has 2 unspecified atom stereocenters. The molecule has 112 valence electrons. The van der Waals surface area contributed by atoms with Crippen LogP contribution in [-0.2, 0) is 16.6 Å². The number of hydrogen-bond donors (Lipinski definition) is 2. The Kier molecular flexibility index (Phi) is 4.84. The SMILES string of the molecule is CCCC1CC1NS(=O)(=O)c1cc(Br)cc(CN)c1F. The Morgan fingerprint density at radius 3 is 2.80 bits per heavy atom. The van der Waals surface area contributed by atoms with Crippen LogP contribution < -0.4 is 10.5 Å². The highest BCUT2D eigenvalue weighted by Crippen LogP contribution is 2.36. The molecule has 4 nitrogen and oxygen atoms in total. The van der Waals surface area contributed by atoms with Gasteiger partial charge in [-0.05, 0) is 30.9 Å². The van der Waals surface area contributed by atoms with Gasteiger partial charge in [0.1, 0.15) is 10.7 Å². The highest BCUT2D eigenvalue weighted by molar-refractivity contribution is 9.10. The smallest absolute Gasteiger partial charge is 0.243 e. The first kappa shape index (κ1) is 15.9. The first-order valence-corrected chi connectivity index (χ1v) is 8.87. The van der Waals surface area contributed by atoms with Crippen LogP contribution in [0.5, 0.6) is 0 Å². The van der Waals surface area contributed by atoms with Gasteiger partial charge in [0.2, 0.25) is 10.0 Å². The molecule has 2 rings (SSSR count). The Balaban J connectivity index is 2.24. The maximum Gasteiger partial charge on any atom is 0.243 e. The second-order valence-corrected chi connectivity index (χ2v) is 7.69. The van der Waals surface area contributed by atoms with Crippen LogP contribution in [0.3, 0.4) is 0 Å². The van der Waals surface area contributed by atoms with Gasteiger partial charge < -0.3 is 5.73 Å². The monoisotopic (exact) mass is 364 g/mol. The van der Waals surface area contributed by atoms with Crippen molar-refractivity contribution >= 4 is 26.0 Å². The van der Waals surface area contributed by atoms with Gasteiger partial charge in [0.15, 0.2) is 0 Å². The van der Waals surface area contributed by atoms with E-state index in [1.807, 2.05) is 0 Å². The van der Waals surface area contributed by atoms with Gasteiger partial charge >= 0.3 is 0 Å². The minimum atomic E-state index is -3.84. The van der Waals surface area contributed by atoms with Gasteiger partial charge in [-0.1, -0.05) is 29.3 Å². The summed E-state index contributed by atoms with van der Waals surface area (Å²) >= 11 is 3.18. The summed E-state index contributed by atoms with van der Waals surface area (Å²) in [5.74, 6) is -0.394. The lowest BCUT2D eigenvalue weighted by atomic mass is 10.2. The molecule has 0 aromatic heterocycles. The third-order valence-electron chi connectivity index (χ3n) is 3.48. The molecule has 1 fully saturated rings. The van der Waals surface area contributed by atoms with Crippen LogP contribution in [0.2, 0.25) is 0 Å². The van der Waals surface area contributed by atoms with E-state index in [1.54, 1.807) is 0 Å². The number of sulfonamides is 1. The fourth-order valence-corrected chi connectivity index (χ4v) is 4.43. The van der Waals surface area contributed by atoms with Crippen molar-refractivity contribution in [2.24, 2.45) is 11.7 Å². The van der Waals surface area contributed by atoms with Crippen LogP contribution in [0.15, 0.2) is 21.5 Å². The molecule has 2 atom stereocenters. The average Bonchev–Trinajstić information content (AvgIpc) is 3.09. The van der Waals surface area contributed by atoms with Crippen molar-refractivity contribution in [3.8, 4) is 0 Å². The van der Waals surface area contributed by atoms with Crippen molar-refractivity contribution in [3.63, 3.8) is 0 Å². The Hall–Kier alpha value is -0.500. The molecular weight excluding hydrogens is 347 g/mol. The van der Waals surface area contributed by atoms with Crippen molar-refractivity contribution < 1.29 is 12.8 Å². The molecule has 0 heterocycles. The highest BCUT2D eigenvalue weighted by atomic mass is 79.9. The predicted molar refractivity (Wildman–Crippen MR) is 79.1 cm³/mol. The van der Waals surface area contributed by atoms with Gasteiger partial charge in [0.05, 0.1) is 0 Å². The third-order valence-corrected chi connectivity index (χ3v) is 5.42. The number of hydrogen-bond acceptors (Lipinski definition) is 3. The van der Waals surface area contributed by atoms with E-state index in [1.165, 1.54) is 12.1 Å². The number of rotatable bonds is 6. The molecule has 0 aliphatic heterocycles. The molecule has 1 aromatic carbocycles. The Labute approximate surface area is 127 Å². The van der Waals surface area contributed by atoms with E-state index in [9.17, 15) is 12.8 Å². The molecule has 0 spiro atoms. The van der Waals surface area contributed by atoms with E-state index in [4.69, 9.17) is 5.73 Å². The first-order valence-electron chi connectivity index (χ1n) is 6.59. The molecule has 0 radical (unpaired) electrons. The molecule has 1 aliphatic rings. The molecule has 0 bridgehead atoms. The molecule has 1 saturated carbocycles. The summed E-state index contributed by atoms with van der Waals surface area (Å²) in [6.07, 6.45) is 2.83. The Bertz CT molecular complexity index is 607. The number of nitrogens with two attached hydrogens (primary N) is 1. The Morgan fingerprint density at radius 2 is 2.20 bits per heavy atom. The summed E-state index contributed by atoms with van der Waals surface area (Å²) < 4.78 is 41.7. The lowest BCUT2D eigenvalue weighted by molar-refractivity contribution is 0.545. The fourth-order valence-electron chi connectivity index (χ4n) is 2.31. The fraction of sp³-hybridized carbons (Fsp3) is 0.538. The van der Waals surface area contributed by atoms with E-state index in [2.05, 4.69) is 27.6 Å². The third kappa shape index (κ3) is 3.39. The molecular formula is C13H18BrFN2O2S. The average molecular weight is 365 g/mol. The summed E-state index contributed by atoms with van der Waals surface area (Å²) in [4.78, 5) is -0.338. The lowest BCUT2D eigenvalue weighted by Crippen LogP contribution is -2.28. The zero-order chi connectivity index (χ0) is 14.9. The largest absolute Gasteiger partial charge is 0.326 e. The number of benzene rings is 1. The predicted octanol–water partition coefficient (Wildman–Crippen LogP) is 2.51. The van der Waals surface area contributed by atoms with Crippen LogP contribution in [0.4, 0.5) is 4.39 Å². The molecule has 0 amide bonds. The Morgan fingerprint density at radius 1 is 1.50 bits per heavy atom. The van der Waals surface area contributed by atoms with E-state index >= 15 is 0 Å². The molecule has 0 saturated heterocycles. The van der Waals surface area contributed by atoms with Crippen LogP contribution in [0.1, 0.15) is 31.7 Å². The topological polar surface area (TPSA) is 72.2 Å². The molecule has 20 heavy (non-hydrogen) atoms. The second-order valence-electron chi connectivity index (χ2n) is 5.09. The lowest BCUT2D eigenvalue weighted by Gasteiger charge is -2.10. The normalized spacial score (nSPS) is 22.0. The first-order chi connectivity index (χ1) is 9.39. The number of nitrogens with one attached hydrogen (secondary N) is 1. The van der Waals surface area contributed by atoms with Crippen molar-refractivity contribution in [1.82, 2.24) is 4.72 Å². The van der Waals surface area contributed by atoms with Gasteiger partial charge in [-0.3, -0.25) is 0 Å². The van der Waals surface area contributed by atoms with Gasteiger partial charge in [0, 0.05) is 22.6 Å².